The minimum atomic E-state index is -0.774. The van der Waals surface area contributed by atoms with Gasteiger partial charge < -0.3 is 21.3 Å². The first-order chi connectivity index (χ1) is 12.4. The van der Waals surface area contributed by atoms with Crippen molar-refractivity contribution >= 4 is 46.0 Å². The molecule has 0 aliphatic carbocycles. The fourth-order valence-electron chi connectivity index (χ4n) is 1.90. The third-order valence-electron chi connectivity index (χ3n) is 3.10. The number of thiocarbonyl (C=S) groups is 2. The van der Waals surface area contributed by atoms with Gasteiger partial charge in [0.25, 0.3) is 0 Å². The zero-order chi connectivity index (χ0) is 19.1. The lowest BCUT2D eigenvalue weighted by Crippen LogP contribution is -2.38. The summed E-state index contributed by atoms with van der Waals surface area (Å²) in [7, 11) is 0. The van der Waals surface area contributed by atoms with Crippen LogP contribution in [0.25, 0.3) is 0 Å². The molecule has 0 aliphatic heterocycles. The monoisotopic (exact) mass is 402 g/mol. The standard InChI is InChI=1S/C16H14F4N4S2/c17-9-3-1-4-10(18)13(9)23-15(25)21-7-8-22-16(26)24-14-11(19)5-2-6-12(14)20/h1-6H,7-8H2,(H2,21,23,25)(H2,22,24,26). The van der Waals surface area contributed by atoms with Gasteiger partial charge in [0.05, 0.1) is 0 Å². The number of benzene rings is 2. The minimum Gasteiger partial charge on any atom is -0.361 e. The predicted molar refractivity (Wildman–Crippen MR) is 101 cm³/mol. The maximum Gasteiger partial charge on any atom is 0.170 e. The first-order valence-electron chi connectivity index (χ1n) is 7.36. The maximum absolute atomic E-state index is 13.5. The summed E-state index contributed by atoms with van der Waals surface area (Å²) >= 11 is 9.89. The zero-order valence-corrected chi connectivity index (χ0v) is 14.8. The molecule has 0 heterocycles. The Morgan fingerprint density at radius 3 is 1.27 bits per heavy atom. The largest absolute Gasteiger partial charge is 0.361 e. The lowest BCUT2D eigenvalue weighted by atomic mass is 10.3. The van der Waals surface area contributed by atoms with E-state index in [0.29, 0.717) is 0 Å². The van der Waals surface area contributed by atoms with Gasteiger partial charge in [-0.2, -0.15) is 0 Å². The van der Waals surface area contributed by atoms with Gasteiger partial charge in [0.2, 0.25) is 0 Å². The van der Waals surface area contributed by atoms with Gasteiger partial charge in [-0.1, -0.05) is 12.1 Å². The average molecular weight is 402 g/mol. The van der Waals surface area contributed by atoms with Crippen LogP contribution in [0.15, 0.2) is 36.4 Å². The molecule has 4 nitrogen and oxygen atoms in total. The molecule has 2 rings (SSSR count). The summed E-state index contributed by atoms with van der Waals surface area (Å²) in [5.74, 6) is -3.09. The number of hydrogen-bond donors (Lipinski definition) is 4. The van der Waals surface area contributed by atoms with Crippen molar-refractivity contribution in [2.24, 2.45) is 0 Å². The Bertz CT molecular complexity index is 709. The SMILES string of the molecule is Fc1cccc(F)c1NC(=S)NCCNC(=S)Nc1c(F)cccc1F. The lowest BCUT2D eigenvalue weighted by molar-refractivity contribution is 0.590. The molecule has 0 spiro atoms. The van der Waals surface area contributed by atoms with Gasteiger partial charge in [-0.05, 0) is 48.7 Å². The second-order valence-corrected chi connectivity index (χ2v) is 5.77. The first-order valence-corrected chi connectivity index (χ1v) is 8.18. The fourth-order valence-corrected chi connectivity index (χ4v) is 2.31. The van der Waals surface area contributed by atoms with E-state index in [1.54, 1.807) is 0 Å². The molecule has 138 valence electrons. The second kappa shape index (κ2) is 9.30. The summed E-state index contributed by atoms with van der Waals surface area (Å²) in [4.78, 5) is 0. The fraction of sp³-hybridized carbons (Fsp3) is 0.125. The Balaban J connectivity index is 1.74. The maximum atomic E-state index is 13.5. The molecule has 0 saturated heterocycles. The highest BCUT2D eigenvalue weighted by Crippen LogP contribution is 2.18. The highest BCUT2D eigenvalue weighted by molar-refractivity contribution is 7.80. The van der Waals surface area contributed by atoms with E-state index < -0.39 is 23.3 Å². The highest BCUT2D eigenvalue weighted by Gasteiger charge is 2.10. The Labute approximate surface area is 158 Å². The number of para-hydroxylation sites is 2. The summed E-state index contributed by atoms with van der Waals surface area (Å²) in [5, 5.41) is 10.3. The van der Waals surface area contributed by atoms with Gasteiger partial charge in [-0.15, -0.1) is 0 Å². The van der Waals surface area contributed by atoms with Crippen molar-refractivity contribution in [3.8, 4) is 0 Å². The van der Waals surface area contributed by atoms with E-state index in [-0.39, 0.29) is 34.7 Å². The summed E-state index contributed by atoms with van der Waals surface area (Å²) in [6.07, 6.45) is 0. The molecule has 0 radical (unpaired) electrons. The second-order valence-electron chi connectivity index (χ2n) is 4.96. The molecule has 0 atom stereocenters. The van der Waals surface area contributed by atoms with Gasteiger partial charge in [-0.25, -0.2) is 17.6 Å². The summed E-state index contributed by atoms with van der Waals surface area (Å²) in [6, 6.07) is 6.87. The van der Waals surface area contributed by atoms with Crippen LogP contribution in [0, 0.1) is 23.3 Å². The first kappa shape index (κ1) is 19.9. The Kier molecular flexibility index (Phi) is 7.10. The molecular formula is C16H14F4N4S2. The van der Waals surface area contributed by atoms with E-state index in [0.717, 1.165) is 24.3 Å². The predicted octanol–water partition coefficient (Wildman–Crippen LogP) is 3.52. The number of anilines is 2. The van der Waals surface area contributed by atoms with Crippen LogP contribution in [0.5, 0.6) is 0 Å². The van der Waals surface area contributed by atoms with E-state index in [2.05, 4.69) is 21.3 Å². The number of halogens is 4. The van der Waals surface area contributed by atoms with E-state index in [9.17, 15) is 17.6 Å². The van der Waals surface area contributed by atoms with Crippen LogP contribution in [0.4, 0.5) is 28.9 Å². The smallest absolute Gasteiger partial charge is 0.170 e. The quantitative estimate of drug-likeness (QED) is 0.349. The Morgan fingerprint density at radius 1 is 0.654 bits per heavy atom. The number of rotatable bonds is 5. The van der Waals surface area contributed by atoms with Crippen LogP contribution in [0.2, 0.25) is 0 Å². The lowest BCUT2D eigenvalue weighted by Gasteiger charge is -2.14. The number of hydrogen-bond acceptors (Lipinski definition) is 2. The minimum absolute atomic E-state index is 0.00910. The average Bonchev–Trinajstić information content (AvgIpc) is 2.58. The third kappa shape index (κ3) is 5.53. The summed E-state index contributed by atoms with van der Waals surface area (Å²) in [6.45, 7) is 0.479. The van der Waals surface area contributed by atoms with Crippen LogP contribution >= 0.6 is 24.4 Å². The van der Waals surface area contributed by atoms with Crippen molar-refractivity contribution in [2.45, 2.75) is 0 Å². The van der Waals surface area contributed by atoms with E-state index >= 15 is 0 Å². The normalized spacial score (nSPS) is 10.2. The Hall–Kier alpha value is -2.46. The molecule has 26 heavy (non-hydrogen) atoms. The molecule has 0 aromatic heterocycles. The van der Waals surface area contributed by atoms with Crippen LogP contribution in [-0.4, -0.2) is 23.3 Å². The molecule has 4 N–H and O–H groups in total. The van der Waals surface area contributed by atoms with E-state index in [1.807, 2.05) is 0 Å². The van der Waals surface area contributed by atoms with Gasteiger partial charge in [0, 0.05) is 13.1 Å². The van der Waals surface area contributed by atoms with Crippen molar-refractivity contribution < 1.29 is 17.6 Å². The van der Waals surface area contributed by atoms with Crippen molar-refractivity contribution in [2.75, 3.05) is 23.7 Å². The van der Waals surface area contributed by atoms with Crippen LogP contribution < -0.4 is 21.3 Å². The molecule has 0 bridgehead atoms. The summed E-state index contributed by atoms with van der Waals surface area (Å²) in [5.41, 5.74) is -0.713. The molecule has 2 aromatic carbocycles. The van der Waals surface area contributed by atoms with Crippen molar-refractivity contribution in [3.05, 3.63) is 59.7 Å². The highest BCUT2D eigenvalue weighted by atomic mass is 32.1. The van der Waals surface area contributed by atoms with Crippen molar-refractivity contribution in [1.82, 2.24) is 10.6 Å². The van der Waals surface area contributed by atoms with Gasteiger partial charge >= 0.3 is 0 Å². The van der Waals surface area contributed by atoms with Crippen LogP contribution in [0.1, 0.15) is 0 Å². The molecule has 10 heteroatoms. The number of nitrogens with one attached hydrogen (secondary N) is 4. The van der Waals surface area contributed by atoms with Crippen LogP contribution in [-0.2, 0) is 0 Å². The molecule has 0 unspecified atom stereocenters. The summed E-state index contributed by atoms with van der Waals surface area (Å²) < 4.78 is 54.0. The Morgan fingerprint density at radius 2 is 0.962 bits per heavy atom. The van der Waals surface area contributed by atoms with Crippen LogP contribution in [0.3, 0.4) is 0 Å². The molecular weight excluding hydrogens is 388 g/mol. The molecule has 0 saturated carbocycles. The third-order valence-corrected chi connectivity index (χ3v) is 3.59. The van der Waals surface area contributed by atoms with Gasteiger partial charge in [-0.3, -0.25) is 0 Å². The van der Waals surface area contributed by atoms with E-state index in [1.165, 1.54) is 12.1 Å². The van der Waals surface area contributed by atoms with Crippen molar-refractivity contribution in [3.63, 3.8) is 0 Å². The molecule has 0 fully saturated rings. The van der Waals surface area contributed by atoms with E-state index in [4.69, 9.17) is 24.4 Å². The van der Waals surface area contributed by atoms with Crippen molar-refractivity contribution in [1.29, 1.82) is 0 Å². The zero-order valence-electron chi connectivity index (χ0n) is 13.2. The van der Waals surface area contributed by atoms with Gasteiger partial charge in [0.1, 0.15) is 34.6 Å². The van der Waals surface area contributed by atoms with Gasteiger partial charge in [0.15, 0.2) is 10.2 Å². The molecule has 0 aliphatic rings. The molecule has 2 aromatic rings. The molecule has 0 amide bonds. The topological polar surface area (TPSA) is 48.1 Å².